The first-order valence-corrected chi connectivity index (χ1v) is 15.9. The number of oxazole rings is 1. The monoisotopic (exact) mass is 639 g/mol. The Balaban J connectivity index is 1.04. The number of carbonyl (C=O) groups excluding carboxylic acids is 2. The molecule has 0 aliphatic rings. The number of anilines is 2. The molecule has 0 spiro atoms. The van der Waals surface area contributed by atoms with Gasteiger partial charge in [0.05, 0.1) is 51.6 Å². The Kier molecular flexibility index (Phi) is 14.3. The number of carbonyl (C=O) groups is 2. The highest BCUT2D eigenvalue weighted by Crippen LogP contribution is 2.32. The highest BCUT2D eigenvalue weighted by Gasteiger charge is 2.18. The minimum Gasteiger partial charge on any atom is -0.424 e. The van der Waals surface area contributed by atoms with Crippen LogP contribution in [0.5, 0.6) is 0 Å². The number of nitrogens with two attached hydrogens (primary N) is 2. The molecule has 0 aliphatic carbocycles. The van der Waals surface area contributed by atoms with Gasteiger partial charge in [0, 0.05) is 44.4 Å². The van der Waals surface area contributed by atoms with E-state index in [1.54, 1.807) is 6.07 Å². The maximum absolute atomic E-state index is 12.3. The van der Waals surface area contributed by atoms with E-state index in [-0.39, 0.29) is 17.6 Å². The van der Waals surface area contributed by atoms with Crippen molar-refractivity contribution in [2.75, 3.05) is 64.3 Å². The van der Waals surface area contributed by atoms with Crippen molar-refractivity contribution in [1.29, 1.82) is 0 Å². The van der Waals surface area contributed by atoms with Gasteiger partial charge in [0.25, 0.3) is 6.01 Å². The fourth-order valence-corrected chi connectivity index (χ4v) is 4.86. The highest BCUT2D eigenvalue weighted by molar-refractivity contribution is 5.99. The largest absolute Gasteiger partial charge is 0.424 e. The van der Waals surface area contributed by atoms with Gasteiger partial charge < -0.3 is 34.8 Å². The Morgan fingerprint density at radius 2 is 1.50 bits per heavy atom. The standard InChI is InChI=1S/C32H45N7O7/c1-2-24(40)8-6-13-42-15-17-44-19-20-45-18-16-43-14-11-25(41)7-4-3-5-12-39-31-28(30(33)35-22-36-31)29(38-39)23-9-10-27-26(21-23)37-32(34)46-27/h9-10,21-22H,2-8,11-20H2,1H3,(H2,34,37)(H2,33,35,36). The number of ether oxygens (including phenoxy) is 4. The zero-order valence-electron chi connectivity index (χ0n) is 26.6. The molecule has 0 amide bonds. The second-order valence-electron chi connectivity index (χ2n) is 10.8. The second-order valence-corrected chi connectivity index (χ2v) is 10.8. The van der Waals surface area contributed by atoms with Crippen LogP contribution in [0.4, 0.5) is 11.8 Å². The van der Waals surface area contributed by atoms with E-state index in [2.05, 4.69) is 15.0 Å². The lowest BCUT2D eigenvalue weighted by molar-refractivity contribution is -0.120. The van der Waals surface area contributed by atoms with E-state index in [4.69, 9.17) is 39.9 Å². The molecule has 4 N–H and O–H groups in total. The molecule has 0 saturated carbocycles. The number of aryl methyl sites for hydroxylation is 1. The average Bonchev–Trinajstić information content (AvgIpc) is 3.62. The molecular formula is C32H45N7O7. The topological polar surface area (TPSA) is 193 Å². The smallest absolute Gasteiger partial charge is 0.292 e. The molecule has 4 aromatic rings. The number of hydrogen-bond donors (Lipinski definition) is 2. The van der Waals surface area contributed by atoms with Gasteiger partial charge in [-0.25, -0.2) is 14.6 Å². The van der Waals surface area contributed by atoms with Crippen molar-refractivity contribution in [1.82, 2.24) is 24.7 Å². The van der Waals surface area contributed by atoms with Gasteiger partial charge >= 0.3 is 0 Å². The van der Waals surface area contributed by atoms with Crippen LogP contribution >= 0.6 is 0 Å². The molecule has 3 aromatic heterocycles. The van der Waals surface area contributed by atoms with Gasteiger partial charge in [0.15, 0.2) is 11.2 Å². The molecule has 0 aliphatic heterocycles. The summed E-state index contributed by atoms with van der Waals surface area (Å²) in [6.07, 6.45) is 6.74. The van der Waals surface area contributed by atoms with Crippen LogP contribution in [0, 0.1) is 0 Å². The number of benzene rings is 1. The summed E-state index contributed by atoms with van der Waals surface area (Å²) in [6.45, 7) is 6.28. The van der Waals surface area contributed by atoms with E-state index in [0.29, 0.717) is 119 Å². The summed E-state index contributed by atoms with van der Waals surface area (Å²) >= 11 is 0. The fourth-order valence-electron chi connectivity index (χ4n) is 4.86. The van der Waals surface area contributed by atoms with E-state index in [1.807, 2.05) is 23.7 Å². The molecule has 3 heterocycles. The predicted octanol–water partition coefficient (Wildman–Crippen LogP) is 4.14. The van der Waals surface area contributed by atoms with E-state index in [0.717, 1.165) is 31.2 Å². The first-order chi connectivity index (χ1) is 22.5. The fraction of sp³-hybridized carbons (Fsp3) is 0.562. The maximum Gasteiger partial charge on any atom is 0.292 e. The van der Waals surface area contributed by atoms with Crippen molar-refractivity contribution < 1.29 is 33.0 Å². The van der Waals surface area contributed by atoms with Gasteiger partial charge in [-0.1, -0.05) is 13.3 Å². The Bertz CT molecular complexity index is 1540. The third-order valence-corrected chi connectivity index (χ3v) is 7.34. The van der Waals surface area contributed by atoms with Crippen LogP contribution in [0.1, 0.15) is 58.3 Å². The van der Waals surface area contributed by atoms with Gasteiger partial charge in [-0.05, 0) is 37.5 Å². The van der Waals surface area contributed by atoms with Crippen molar-refractivity contribution in [3.8, 4) is 11.3 Å². The number of Topliss-reactive ketones (excluding diaryl/α,β-unsaturated/α-hetero) is 2. The van der Waals surface area contributed by atoms with Crippen molar-refractivity contribution in [2.24, 2.45) is 0 Å². The Morgan fingerprint density at radius 1 is 0.804 bits per heavy atom. The molecule has 14 nitrogen and oxygen atoms in total. The van der Waals surface area contributed by atoms with Crippen LogP contribution < -0.4 is 11.5 Å². The lowest BCUT2D eigenvalue weighted by atomic mass is 10.1. The molecule has 1 aromatic carbocycles. The second kappa shape index (κ2) is 18.9. The number of nitrogen functional groups attached to an aromatic ring is 2. The minimum atomic E-state index is 0.104. The summed E-state index contributed by atoms with van der Waals surface area (Å²) in [4.78, 5) is 36.3. The molecule has 46 heavy (non-hydrogen) atoms. The van der Waals surface area contributed by atoms with Gasteiger partial charge in [0.2, 0.25) is 0 Å². The number of unbranched alkanes of at least 4 members (excludes halogenated alkanes) is 2. The third kappa shape index (κ3) is 10.8. The Morgan fingerprint density at radius 3 is 2.24 bits per heavy atom. The summed E-state index contributed by atoms with van der Waals surface area (Å²) in [5, 5.41) is 5.49. The SMILES string of the molecule is CCC(=O)CCCOCCOCCOCCOCCC(=O)CCCCCn1nc(-c2ccc3oc(N)nc3c2)c2c(N)ncnc21. The van der Waals surface area contributed by atoms with Crippen molar-refractivity contribution >= 4 is 45.5 Å². The molecule has 4 rings (SSSR count). The van der Waals surface area contributed by atoms with Gasteiger partial charge in [0.1, 0.15) is 34.9 Å². The normalized spacial score (nSPS) is 11.6. The van der Waals surface area contributed by atoms with Crippen molar-refractivity contribution in [3.05, 3.63) is 24.5 Å². The quantitative estimate of drug-likeness (QED) is 0.104. The number of hydrogen-bond acceptors (Lipinski definition) is 13. The molecule has 0 fully saturated rings. The predicted molar refractivity (Wildman–Crippen MR) is 173 cm³/mol. The van der Waals surface area contributed by atoms with Crippen molar-refractivity contribution in [3.63, 3.8) is 0 Å². The summed E-state index contributed by atoms with van der Waals surface area (Å²) in [5.74, 6) is 0.803. The number of aromatic nitrogens is 5. The maximum atomic E-state index is 12.3. The highest BCUT2D eigenvalue weighted by atomic mass is 16.6. The zero-order chi connectivity index (χ0) is 32.6. The van der Waals surface area contributed by atoms with Crippen LogP contribution in [-0.4, -0.2) is 89.2 Å². The number of nitrogens with zero attached hydrogens (tertiary/aromatic N) is 5. The van der Waals surface area contributed by atoms with Gasteiger partial charge in [-0.15, -0.1) is 0 Å². The van der Waals surface area contributed by atoms with Crippen LogP contribution in [0.2, 0.25) is 0 Å². The van der Waals surface area contributed by atoms with Crippen LogP contribution in [0.15, 0.2) is 28.9 Å². The molecule has 14 heteroatoms. The Labute approximate surface area is 268 Å². The molecule has 0 bridgehead atoms. The lowest BCUT2D eigenvalue weighted by Crippen LogP contribution is -2.13. The number of rotatable bonds is 24. The molecular weight excluding hydrogens is 594 g/mol. The lowest BCUT2D eigenvalue weighted by Gasteiger charge is -2.07. The minimum absolute atomic E-state index is 0.104. The molecule has 0 saturated heterocycles. The molecule has 250 valence electrons. The Hall–Kier alpha value is -3.98. The van der Waals surface area contributed by atoms with E-state index < -0.39 is 0 Å². The van der Waals surface area contributed by atoms with Gasteiger partial charge in [-0.2, -0.15) is 10.1 Å². The summed E-state index contributed by atoms with van der Waals surface area (Å²) < 4.78 is 29.1. The molecule has 0 atom stereocenters. The van der Waals surface area contributed by atoms with Crippen LogP contribution in [-0.2, 0) is 35.1 Å². The van der Waals surface area contributed by atoms with E-state index in [1.165, 1.54) is 6.33 Å². The number of ketones is 2. The van der Waals surface area contributed by atoms with Crippen molar-refractivity contribution in [2.45, 2.75) is 64.8 Å². The van der Waals surface area contributed by atoms with Crippen LogP contribution in [0.25, 0.3) is 33.4 Å². The number of fused-ring (bicyclic) bond motifs is 2. The summed E-state index contributed by atoms with van der Waals surface area (Å²) in [7, 11) is 0. The first-order valence-electron chi connectivity index (χ1n) is 15.9. The van der Waals surface area contributed by atoms with E-state index in [9.17, 15) is 9.59 Å². The molecule has 0 unspecified atom stereocenters. The third-order valence-electron chi connectivity index (χ3n) is 7.34. The average molecular weight is 640 g/mol. The summed E-state index contributed by atoms with van der Waals surface area (Å²) in [5.41, 5.74) is 15.3. The van der Waals surface area contributed by atoms with Crippen LogP contribution in [0.3, 0.4) is 0 Å². The van der Waals surface area contributed by atoms with E-state index >= 15 is 0 Å². The van der Waals surface area contributed by atoms with Gasteiger partial charge in [-0.3, -0.25) is 9.59 Å². The first kappa shape index (κ1) is 34.9. The molecule has 0 radical (unpaired) electrons. The summed E-state index contributed by atoms with van der Waals surface area (Å²) in [6, 6.07) is 5.64. The zero-order valence-corrected chi connectivity index (χ0v) is 26.6.